The molecule has 0 saturated carbocycles. The predicted octanol–water partition coefficient (Wildman–Crippen LogP) is 5.17. The van der Waals surface area contributed by atoms with E-state index in [-0.39, 0.29) is 5.91 Å². The molecule has 0 unspecified atom stereocenters. The Hall–Kier alpha value is -3.99. The molecule has 0 bridgehead atoms. The minimum Gasteiger partial charge on any atom is -0.352 e. The Kier molecular flexibility index (Phi) is 6.33. The summed E-state index contributed by atoms with van der Waals surface area (Å²) in [4.78, 5) is 12.5. The molecule has 1 heterocycles. The lowest BCUT2D eigenvalue weighted by Crippen LogP contribution is -2.25. The summed E-state index contributed by atoms with van der Waals surface area (Å²) in [6.45, 7) is 2.65. The topological polar surface area (TPSA) is 66.9 Å². The number of nitrogens with one attached hydrogen (secondary N) is 2. The van der Waals surface area contributed by atoms with Gasteiger partial charge in [0.25, 0.3) is 5.91 Å². The van der Waals surface area contributed by atoms with Crippen molar-refractivity contribution in [1.29, 1.82) is 0 Å². The van der Waals surface area contributed by atoms with E-state index >= 15 is 0 Å². The van der Waals surface area contributed by atoms with Gasteiger partial charge in [0.1, 0.15) is 0 Å². The van der Waals surface area contributed by atoms with Gasteiger partial charge in [-0.25, -0.2) is 0 Å². The zero-order valence-corrected chi connectivity index (χ0v) is 17.4. The third kappa shape index (κ3) is 5.54. The van der Waals surface area contributed by atoms with Gasteiger partial charge in [-0.3, -0.25) is 4.79 Å². The first kappa shape index (κ1) is 20.3. The molecule has 5 nitrogen and oxygen atoms in total. The Morgan fingerprint density at radius 3 is 2.39 bits per heavy atom. The van der Waals surface area contributed by atoms with Gasteiger partial charge >= 0.3 is 0 Å². The van der Waals surface area contributed by atoms with Crippen LogP contribution in [0.3, 0.4) is 0 Å². The quantitative estimate of drug-likeness (QED) is 0.443. The minimum absolute atomic E-state index is 0.0969. The van der Waals surface area contributed by atoms with Crippen LogP contribution in [0, 0.1) is 6.92 Å². The molecular weight excluding hydrogens is 384 g/mol. The largest absolute Gasteiger partial charge is 0.352 e. The molecule has 2 N–H and O–H groups in total. The van der Waals surface area contributed by atoms with E-state index in [1.54, 1.807) is 6.07 Å². The van der Waals surface area contributed by atoms with Crippen LogP contribution in [0.5, 0.6) is 0 Å². The smallest absolute Gasteiger partial charge is 0.251 e. The van der Waals surface area contributed by atoms with Gasteiger partial charge in [-0.2, -0.15) is 0 Å². The second-order valence-electron chi connectivity index (χ2n) is 7.37. The molecule has 3 aromatic carbocycles. The van der Waals surface area contributed by atoms with Gasteiger partial charge in [0, 0.05) is 23.4 Å². The molecule has 0 aliphatic heterocycles. The van der Waals surface area contributed by atoms with E-state index in [9.17, 15) is 4.79 Å². The number of amides is 1. The number of nitrogens with zero attached hydrogens (tertiary/aromatic N) is 2. The van der Waals surface area contributed by atoms with Crippen LogP contribution >= 0.6 is 0 Å². The summed E-state index contributed by atoms with van der Waals surface area (Å²) in [5.74, 6) is 0.526. The number of carbonyl (C=O) groups excluding carboxylic acids is 1. The van der Waals surface area contributed by atoms with Gasteiger partial charge in [-0.05, 0) is 49.2 Å². The fourth-order valence-corrected chi connectivity index (χ4v) is 3.23. The van der Waals surface area contributed by atoms with Crippen LogP contribution in [-0.2, 0) is 6.42 Å². The van der Waals surface area contributed by atoms with Crippen LogP contribution in [0.4, 0.5) is 11.5 Å². The van der Waals surface area contributed by atoms with Gasteiger partial charge in [0.05, 0.1) is 5.69 Å². The molecule has 0 aliphatic rings. The number of aromatic nitrogens is 2. The van der Waals surface area contributed by atoms with Crippen molar-refractivity contribution in [3.05, 3.63) is 108 Å². The minimum atomic E-state index is -0.0969. The average Bonchev–Trinajstić information content (AvgIpc) is 2.81. The van der Waals surface area contributed by atoms with Crippen LogP contribution in [0.25, 0.3) is 11.3 Å². The van der Waals surface area contributed by atoms with Crippen molar-refractivity contribution in [2.75, 3.05) is 11.9 Å². The predicted molar refractivity (Wildman–Crippen MR) is 124 cm³/mol. The molecule has 0 saturated heterocycles. The van der Waals surface area contributed by atoms with Crippen LogP contribution in [0.1, 0.15) is 21.5 Å². The van der Waals surface area contributed by atoms with Crippen molar-refractivity contribution in [2.24, 2.45) is 0 Å². The highest BCUT2D eigenvalue weighted by atomic mass is 16.1. The van der Waals surface area contributed by atoms with Crippen molar-refractivity contribution in [3.63, 3.8) is 0 Å². The average molecular weight is 409 g/mol. The molecule has 0 spiro atoms. The van der Waals surface area contributed by atoms with E-state index in [4.69, 9.17) is 0 Å². The molecule has 5 heteroatoms. The second kappa shape index (κ2) is 9.67. The number of benzene rings is 3. The van der Waals surface area contributed by atoms with Gasteiger partial charge < -0.3 is 10.6 Å². The first-order chi connectivity index (χ1) is 15.2. The fraction of sp³-hybridized carbons (Fsp3) is 0.115. The van der Waals surface area contributed by atoms with Crippen molar-refractivity contribution in [2.45, 2.75) is 13.3 Å². The lowest BCUT2D eigenvalue weighted by atomic mass is 10.1. The molecule has 1 aromatic heterocycles. The highest BCUT2D eigenvalue weighted by molar-refractivity contribution is 5.95. The van der Waals surface area contributed by atoms with Crippen molar-refractivity contribution in [3.8, 4) is 11.3 Å². The first-order valence-corrected chi connectivity index (χ1v) is 10.3. The molecule has 154 valence electrons. The summed E-state index contributed by atoms with van der Waals surface area (Å²) in [6.07, 6.45) is 0.799. The van der Waals surface area contributed by atoms with Crippen molar-refractivity contribution in [1.82, 2.24) is 15.5 Å². The van der Waals surface area contributed by atoms with Crippen LogP contribution in [0.2, 0.25) is 0 Å². The number of aryl methyl sites for hydroxylation is 1. The Bertz CT molecular complexity index is 1140. The highest BCUT2D eigenvalue weighted by Gasteiger charge is 2.07. The summed E-state index contributed by atoms with van der Waals surface area (Å²) >= 11 is 0. The molecule has 4 rings (SSSR count). The standard InChI is InChI=1S/C26H24N4O/c1-19-10-12-21(13-11-19)24-14-15-25(30-29-24)28-23-9-5-8-22(18-23)26(31)27-17-16-20-6-3-2-4-7-20/h2-15,18H,16-17H2,1H3,(H,27,31)(H,28,30). The number of carbonyl (C=O) groups is 1. The maximum atomic E-state index is 12.5. The Morgan fingerprint density at radius 2 is 1.65 bits per heavy atom. The summed E-state index contributed by atoms with van der Waals surface area (Å²) in [5, 5.41) is 14.8. The monoisotopic (exact) mass is 408 g/mol. The molecule has 0 aliphatic carbocycles. The zero-order valence-electron chi connectivity index (χ0n) is 17.4. The fourth-order valence-electron chi connectivity index (χ4n) is 3.23. The molecule has 1 amide bonds. The zero-order chi connectivity index (χ0) is 21.5. The van der Waals surface area contributed by atoms with Crippen molar-refractivity contribution >= 4 is 17.4 Å². The number of rotatable bonds is 7. The van der Waals surface area contributed by atoms with Gasteiger partial charge in [0.15, 0.2) is 5.82 Å². The second-order valence-corrected chi connectivity index (χ2v) is 7.37. The lowest BCUT2D eigenvalue weighted by Gasteiger charge is -2.09. The highest BCUT2D eigenvalue weighted by Crippen LogP contribution is 2.20. The summed E-state index contributed by atoms with van der Waals surface area (Å²) in [5.41, 5.74) is 5.64. The van der Waals surface area contributed by atoms with E-state index in [0.717, 1.165) is 23.4 Å². The van der Waals surface area contributed by atoms with E-state index in [0.29, 0.717) is 17.9 Å². The Labute approximate surface area is 182 Å². The van der Waals surface area contributed by atoms with E-state index in [1.165, 1.54) is 11.1 Å². The van der Waals surface area contributed by atoms with Crippen molar-refractivity contribution < 1.29 is 4.79 Å². The van der Waals surface area contributed by atoms with Crippen LogP contribution < -0.4 is 10.6 Å². The summed E-state index contributed by atoms with van der Waals surface area (Å²) in [6, 6.07) is 29.5. The SMILES string of the molecule is Cc1ccc(-c2ccc(Nc3cccc(C(=O)NCCc4ccccc4)c3)nn2)cc1. The maximum Gasteiger partial charge on any atom is 0.251 e. The van der Waals surface area contributed by atoms with Crippen LogP contribution in [0.15, 0.2) is 91.0 Å². The van der Waals surface area contributed by atoms with E-state index in [2.05, 4.69) is 52.0 Å². The maximum absolute atomic E-state index is 12.5. The van der Waals surface area contributed by atoms with Crippen LogP contribution in [-0.4, -0.2) is 22.6 Å². The third-order valence-corrected chi connectivity index (χ3v) is 4.95. The van der Waals surface area contributed by atoms with E-state index in [1.807, 2.05) is 60.7 Å². The number of hydrogen-bond donors (Lipinski definition) is 2. The third-order valence-electron chi connectivity index (χ3n) is 4.95. The summed E-state index contributed by atoms with van der Waals surface area (Å²) in [7, 11) is 0. The van der Waals surface area contributed by atoms with Gasteiger partial charge in [0.2, 0.25) is 0 Å². The lowest BCUT2D eigenvalue weighted by molar-refractivity contribution is 0.0954. The molecule has 0 atom stereocenters. The Balaban J connectivity index is 1.36. The van der Waals surface area contributed by atoms with E-state index < -0.39 is 0 Å². The molecule has 31 heavy (non-hydrogen) atoms. The number of anilines is 2. The normalized spacial score (nSPS) is 10.5. The Morgan fingerprint density at radius 1 is 0.839 bits per heavy atom. The summed E-state index contributed by atoms with van der Waals surface area (Å²) < 4.78 is 0. The number of hydrogen-bond acceptors (Lipinski definition) is 4. The van der Waals surface area contributed by atoms with Gasteiger partial charge in [-0.15, -0.1) is 10.2 Å². The molecular formula is C26H24N4O. The molecule has 4 aromatic rings. The first-order valence-electron chi connectivity index (χ1n) is 10.3. The van der Waals surface area contributed by atoms with Gasteiger partial charge in [-0.1, -0.05) is 66.2 Å². The molecule has 0 fully saturated rings. The molecule has 0 radical (unpaired) electrons.